The zero-order valence-corrected chi connectivity index (χ0v) is 10.3. The van der Waals surface area contributed by atoms with E-state index in [4.69, 9.17) is 0 Å². The Labute approximate surface area is 108 Å². The monoisotopic (exact) mass is 242 g/mol. The molecule has 0 unspecified atom stereocenters. The van der Waals surface area contributed by atoms with Crippen LogP contribution in [0.3, 0.4) is 0 Å². The zero-order chi connectivity index (χ0) is 12.8. The molecule has 0 radical (unpaired) electrons. The van der Waals surface area contributed by atoms with Gasteiger partial charge in [-0.2, -0.15) is 0 Å². The summed E-state index contributed by atoms with van der Waals surface area (Å²) < 4.78 is 0. The second-order valence-electron chi connectivity index (χ2n) is 4.55. The number of hydrogen-bond donors (Lipinski definition) is 2. The highest BCUT2D eigenvalue weighted by molar-refractivity contribution is 5.36. The molecule has 0 saturated heterocycles. The molecule has 0 atom stereocenters. The Morgan fingerprint density at radius 2 is 1.22 bits per heavy atom. The van der Waals surface area contributed by atoms with Crippen molar-refractivity contribution in [1.29, 1.82) is 0 Å². The summed E-state index contributed by atoms with van der Waals surface area (Å²) in [6, 6.07) is 15.2. The Balaban J connectivity index is 1.78. The number of rotatable bonds is 5. The predicted molar refractivity (Wildman–Crippen MR) is 72.9 cm³/mol. The molecular weight excluding hydrogens is 224 g/mol. The third kappa shape index (κ3) is 3.81. The molecule has 2 heteroatoms. The third-order valence-electron chi connectivity index (χ3n) is 2.99. The number of hydrogen-bond acceptors (Lipinski definition) is 2. The SMILES string of the molecule is Oc1cc(O)cc(CCCCc2ccccc2)c1. The van der Waals surface area contributed by atoms with Gasteiger partial charge in [0.2, 0.25) is 0 Å². The van der Waals surface area contributed by atoms with E-state index in [2.05, 4.69) is 24.3 Å². The molecule has 0 fully saturated rings. The van der Waals surface area contributed by atoms with E-state index in [0.717, 1.165) is 31.2 Å². The molecule has 2 aromatic rings. The van der Waals surface area contributed by atoms with E-state index in [-0.39, 0.29) is 11.5 Å². The van der Waals surface area contributed by atoms with Gasteiger partial charge in [-0.1, -0.05) is 30.3 Å². The Hall–Kier alpha value is -1.96. The van der Waals surface area contributed by atoms with Crippen molar-refractivity contribution < 1.29 is 10.2 Å². The van der Waals surface area contributed by atoms with Crippen LogP contribution in [0.4, 0.5) is 0 Å². The minimum atomic E-state index is 0.132. The molecule has 0 bridgehead atoms. The van der Waals surface area contributed by atoms with Crippen molar-refractivity contribution in [1.82, 2.24) is 0 Å². The molecule has 94 valence electrons. The van der Waals surface area contributed by atoms with Gasteiger partial charge in [-0.25, -0.2) is 0 Å². The molecule has 2 N–H and O–H groups in total. The molecule has 2 nitrogen and oxygen atoms in total. The molecule has 0 aliphatic carbocycles. The molecule has 0 aromatic heterocycles. The van der Waals surface area contributed by atoms with Crippen LogP contribution in [0.15, 0.2) is 48.5 Å². The van der Waals surface area contributed by atoms with Crippen LogP contribution in [0, 0.1) is 0 Å². The topological polar surface area (TPSA) is 40.5 Å². The third-order valence-corrected chi connectivity index (χ3v) is 2.99. The Kier molecular flexibility index (Phi) is 4.24. The Morgan fingerprint density at radius 3 is 1.83 bits per heavy atom. The van der Waals surface area contributed by atoms with E-state index in [1.807, 2.05) is 6.07 Å². The normalized spacial score (nSPS) is 10.4. The van der Waals surface area contributed by atoms with Crippen LogP contribution in [-0.2, 0) is 12.8 Å². The quantitative estimate of drug-likeness (QED) is 0.785. The van der Waals surface area contributed by atoms with Crippen LogP contribution in [0.5, 0.6) is 11.5 Å². The highest BCUT2D eigenvalue weighted by Gasteiger charge is 1.99. The molecule has 18 heavy (non-hydrogen) atoms. The van der Waals surface area contributed by atoms with Crippen molar-refractivity contribution in [3.63, 3.8) is 0 Å². The van der Waals surface area contributed by atoms with Gasteiger partial charge < -0.3 is 10.2 Å². The van der Waals surface area contributed by atoms with E-state index in [9.17, 15) is 10.2 Å². The molecular formula is C16H18O2. The Morgan fingerprint density at radius 1 is 0.667 bits per heavy atom. The largest absolute Gasteiger partial charge is 0.508 e. The van der Waals surface area contributed by atoms with Crippen molar-refractivity contribution in [3.05, 3.63) is 59.7 Å². The van der Waals surface area contributed by atoms with Crippen LogP contribution in [0.25, 0.3) is 0 Å². The lowest BCUT2D eigenvalue weighted by Gasteiger charge is -2.04. The first-order valence-corrected chi connectivity index (χ1v) is 6.30. The van der Waals surface area contributed by atoms with Gasteiger partial charge in [0.25, 0.3) is 0 Å². The summed E-state index contributed by atoms with van der Waals surface area (Å²) in [4.78, 5) is 0. The molecule has 0 aliphatic heterocycles. The number of benzene rings is 2. The molecule has 0 heterocycles. The summed E-state index contributed by atoms with van der Waals surface area (Å²) in [5.41, 5.74) is 2.34. The standard InChI is InChI=1S/C16H18O2/c17-15-10-14(11-16(18)12-15)9-5-4-8-13-6-2-1-3-7-13/h1-3,6-7,10-12,17-18H,4-5,8-9H2. The van der Waals surface area contributed by atoms with Gasteiger partial charge in [0.15, 0.2) is 0 Å². The van der Waals surface area contributed by atoms with E-state index in [1.54, 1.807) is 12.1 Å². The number of unbranched alkanes of at least 4 members (excludes halogenated alkanes) is 1. The number of aryl methyl sites for hydroxylation is 2. The summed E-state index contributed by atoms with van der Waals surface area (Å²) >= 11 is 0. The summed E-state index contributed by atoms with van der Waals surface area (Å²) in [6.45, 7) is 0. The zero-order valence-electron chi connectivity index (χ0n) is 10.3. The summed E-state index contributed by atoms with van der Waals surface area (Å²) in [5.74, 6) is 0.265. The van der Waals surface area contributed by atoms with Crippen LogP contribution in [0.1, 0.15) is 24.0 Å². The molecule has 2 aromatic carbocycles. The van der Waals surface area contributed by atoms with Crippen molar-refractivity contribution in [2.45, 2.75) is 25.7 Å². The molecule has 0 aliphatic rings. The number of phenolic OH excluding ortho intramolecular Hbond substituents is 2. The van der Waals surface area contributed by atoms with Gasteiger partial charge in [-0.3, -0.25) is 0 Å². The van der Waals surface area contributed by atoms with Crippen LogP contribution in [0.2, 0.25) is 0 Å². The van der Waals surface area contributed by atoms with Crippen LogP contribution in [-0.4, -0.2) is 10.2 Å². The van der Waals surface area contributed by atoms with Gasteiger partial charge >= 0.3 is 0 Å². The van der Waals surface area contributed by atoms with Crippen LogP contribution >= 0.6 is 0 Å². The Bertz CT molecular complexity index is 471. The van der Waals surface area contributed by atoms with Crippen molar-refractivity contribution in [2.24, 2.45) is 0 Å². The van der Waals surface area contributed by atoms with E-state index < -0.39 is 0 Å². The maximum absolute atomic E-state index is 9.37. The van der Waals surface area contributed by atoms with Crippen molar-refractivity contribution >= 4 is 0 Å². The van der Waals surface area contributed by atoms with Crippen LogP contribution < -0.4 is 0 Å². The average molecular weight is 242 g/mol. The second-order valence-corrected chi connectivity index (χ2v) is 4.55. The molecule has 0 spiro atoms. The first kappa shape index (κ1) is 12.5. The van der Waals surface area contributed by atoms with Crippen molar-refractivity contribution in [2.75, 3.05) is 0 Å². The minimum Gasteiger partial charge on any atom is -0.508 e. The molecule has 0 saturated carbocycles. The fourth-order valence-electron chi connectivity index (χ4n) is 2.10. The molecule has 0 amide bonds. The summed E-state index contributed by atoms with van der Waals surface area (Å²) in [7, 11) is 0. The van der Waals surface area contributed by atoms with E-state index in [1.165, 1.54) is 11.6 Å². The highest BCUT2D eigenvalue weighted by Crippen LogP contribution is 2.21. The first-order valence-electron chi connectivity index (χ1n) is 6.30. The van der Waals surface area contributed by atoms with Crippen molar-refractivity contribution in [3.8, 4) is 11.5 Å². The van der Waals surface area contributed by atoms with Gasteiger partial charge in [0, 0.05) is 6.07 Å². The highest BCUT2D eigenvalue weighted by atomic mass is 16.3. The van der Waals surface area contributed by atoms with E-state index >= 15 is 0 Å². The maximum Gasteiger partial charge on any atom is 0.119 e. The van der Waals surface area contributed by atoms with Gasteiger partial charge in [0.05, 0.1) is 0 Å². The lowest BCUT2D eigenvalue weighted by Crippen LogP contribution is -1.89. The number of phenols is 2. The minimum absolute atomic E-state index is 0.132. The molecule has 2 rings (SSSR count). The summed E-state index contributed by atoms with van der Waals surface area (Å²) in [5, 5.41) is 18.7. The first-order chi connectivity index (χ1) is 8.74. The predicted octanol–water partition coefficient (Wildman–Crippen LogP) is 3.66. The lowest BCUT2D eigenvalue weighted by atomic mass is 10.0. The lowest BCUT2D eigenvalue weighted by molar-refractivity contribution is 0.449. The van der Waals surface area contributed by atoms with Gasteiger partial charge in [0.1, 0.15) is 11.5 Å². The maximum atomic E-state index is 9.37. The average Bonchev–Trinajstić information content (AvgIpc) is 2.35. The fourth-order valence-corrected chi connectivity index (χ4v) is 2.10. The summed E-state index contributed by atoms with van der Waals surface area (Å²) in [6.07, 6.45) is 4.12. The van der Waals surface area contributed by atoms with E-state index in [0.29, 0.717) is 0 Å². The smallest absolute Gasteiger partial charge is 0.119 e. The van der Waals surface area contributed by atoms with Gasteiger partial charge in [-0.05, 0) is 48.9 Å². The second kappa shape index (κ2) is 6.10. The number of aromatic hydroxyl groups is 2. The fraction of sp³-hybridized carbons (Fsp3) is 0.250. The van der Waals surface area contributed by atoms with Gasteiger partial charge in [-0.15, -0.1) is 0 Å².